The van der Waals surface area contributed by atoms with Crippen LogP contribution in [0.25, 0.3) is 0 Å². The van der Waals surface area contributed by atoms with Gasteiger partial charge in [0.25, 0.3) is 0 Å². The molecule has 0 aliphatic carbocycles. The highest BCUT2D eigenvalue weighted by Crippen LogP contribution is 2.27. The van der Waals surface area contributed by atoms with Gasteiger partial charge in [-0.05, 0) is 0 Å². The van der Waals surface area contributed by atoms with Crippen LogP contribution in [0, 0.1) is 0 Å². The van der Waals surface area contributed by atoms with Crippen molar-refractivity contribution in [1.29, 1.82) is 0 Å². The molecule has 0 amide bonds. The van der Waals surface area contributed by atoms with Crippen LogP contribution in [0.2, 0.25) is 0 Å². The molecule has 0 atom stereocenters. The first-order chi connectivity index (χ1) is 4.00. The molecule has 10 heavy (non-hydrogen) atoms. The quantitative estimate of drug-likeness (QED) is 0.364. The molecule has 0 unspecified atom stereocenters. The monoisotopic (exact) mass is 192 g/mol. The van der Waals surface area contributed by atoms with Gasteiger partial charge in [-0.1, -0.05) is 0 Å². The normalized spacial score (nSPS) is 11.7. The zero-order valence-corrected chi connectivity index (χ0v) is 7.13. The highest BCUT2D eigenvalue weighted by Gasteiger charge is 1.92. The molecule has 0 aromatic heterocycles. The van der Waals surface area contributed by atoms with E-state index in [1.807, 2.05) is 0 Å². The minimum Gasteiger partial charge on any atom is -0.345 e. The van der Waals surface area contributed by atoms with Crippen LogP contribution in [-0.2, 0) is 15.0 Å². The van der Waals surface area contributed by atoms with Gasteiger partial charge >= 0.3 is 10.4 Å². The van der Waals surface area contributed by atoms with E-state index < -0.39 is 17.8 Å². The van der Waals surface area contributed by atoms with E-state index in [-0.39, 0.29) is 0 Å². The predicted molar refractivity (Wildman–Crippen MR) is 35.9 cm³/mol. The fraction of sp³-hybridized carbons (Fsp3) is 1.00. The van der Waals surface area contributed by atoms with Crippen LogP contribution in [0.5, 0.6) is 0 Å². The molecule has 0 rings (SSSR count). The fourth-order valence-corrected chi connectivity index (χ4v) is 0. The molecule has 6 nitrogen and oxygen atoms in total. The first-order valence-electron chi connectivity index (χ1n) is 1.98. The predicted octanol–water partition coefficient (Wildman–Crippen LogP) is -0.136. The van der Waals surface area contributed by atoms with Gasteiger partial charge in [0.2, 0.25) is 0 Å². The molecule has 0 aliphatic rings. The Bertz CT molecular complexity index is 194. The SMILES string of the molecule is CP(C)(=O)O.O=S(=O)(O)O. The van der Waals surface area contributed by atoms with E-state index in [2.05, 4.69) is 0 Å². The third-order valence-corrected chi connectivity index (χ3v) is 0. The zero-order valence-electron chi connectivity index (χ0n) is 5.42. The Morgan fingerprint density at radius 1 is 1.20 bits per heavy atom. The second-order valence-corrected chi connectivity index (χ2v) is 5.23. The Labute approximate surface area is 58.9 Å². The maximum absolute atomic E-state index is 9.77. The molecule has 0 bridgehead atoms. The molecule has 3 N–H and O–H groups in total. The smallest absolute Gasteiger partial charge is 0.345 e. The summed E-state index contributed by atoms with van der Waals surface area (Å²) in [6.07, 6.45) is 0. The van der Waals surface area contributed by atoms with E-state index in [1.54, 1.807) is 0 Å². The van der Waals surface area contributed by atoms with Gasteiger partial charge in [-0.2, -0.15) is 8.42 Å². The Morgan fingerprint density at radius 2 is 1.20 bits per heavy atom. The average Bonchev–Trinajstić information content (AvgIpc) is 1.12. The Balaban J connectivity index is 0. The summed E-state index contributed by atoms with van der Waals surface area (Å²) >= 11 is 0. The van der Waals surface area contributed by atoms with Crippen molar-refractivity contribution in [1.82, 2.24) is 0 Å². The molecule has 0 heterocycles. The van der Waals surface area contributed by atoms with Crippen molar-refractivity contribution in [3.8, 4) is 0 Å². The van der Waals surface area contributed by atoms with Crippen LogP contribution in [0.3, 0.4) is 0 Å². The molecule has 0 saturated heterocycles. The van der Waals surface area contributed by atoms with E-state index >= 15 is 0 Å². The molecule has 0 aromatic carbocycles. The second kappa shape index (κ2) is 4.05. The van der Waals surface area contributed by atoms with Gasteiger partial charge in [0.1, 0.15) is 0 Å². The summed E-state index contributed by atoms with van der Waals surface area (Å²) < 4.78 is 41.4. The van der Waals surface area contributed by atoms with Crippen molar-refractivity contribution >= 4 is 17.8 Å². The summed E-state index contributed by atoms with van der Waals surface area (Å²) in [5.74, 6) is 0. The minimum absolute atomic E-state index is 1.30. The molecular formula is C2H9O6PS. The van der Waals surface area contributed by atoms with Crippen molar-refractivity contribution in [3.05, 3.63) is 0 Å². The van der Waals surface area contributed by atoms with Crippen LogP contribution in [0.1, 0.15) is 0 Å². The Morgan fingerprint density at radius 3 is 1.20 bits per heavy atom. The molecule has 0 aromatic rings. The lowest BCUT2D eigenvalue weighted by Crippen LogP contribution is -1.89. The van der Waals surface area contributed by atoms with Crippen LogP contribution in [-0.4, -0.2) is 35.7 Å². The standard InChI is InChI=1S/C2H7O2P.H2O4S/c2*1-5(2,3)4/h1-2H3,(H,3,4);(H2,1,2,3,4). The molecule has 0 aliphatic heterocycles. The number of hydrogen-bond donors (Lipinski definition) is 3. The molecule has 0 spiro atoms. The molecule has 0 fully saturated rings. The van der Waals surface area contributed by atoms with Crippen LogP contribution in [0.4, 0.5) is 0 Å². The van der Waals surface area contributed by atoms with Gasteiger partial charge < -0.3 is 4.89 Å². The number of rotatable bonds is 0. The van der Waals surface area contributed by atoms with Gasteiger partial charge in [0, 0.05) is 13.3 Å². The molecule has 8 heteroatoms. The minimum atomic E-state index is -4.67. The lowest BCUT2D eigenvalue weighted by Gasteiger charge is -1.86. The zero-order chi connectivity index (χ0) is 9.00. The van der Waals surface area contributed by atoms with Crippen molar-refractivity contribution in [3.63, 3.8) is 0 Å². The van der Waals surface area contributed by atoms with Crippen LogP contribution in [0.15, 0.2) is 0 Å². The second-order valence-electron chi connectivity index (χ2n) is 1.74. The van der Waals surface area contributed by atoms with Crippen molar-refractivity contribution in [2.75, 3.05) is 13.3 Å². The lowest BCUT2D eigenvalue weighted by molar-refractivity contribution is 0.381. The fourth-order valence-electron chi connectivity index (χ4n) is 0. The molecular weight excluding hydrogens is 183 g/mol. The van der Waals surface area contributed by atoms with Crippen molar-refractivity contribution < 1.29 is 27.0 Å². The summed E-state index contributed by atoms with van der Waals surface area (Å²) in [5, 5.41) is 0. The maximum Gasteiger partial charge on any atom is 0.394 e. The summed E-state index contributed by atoms with van der Waals surface area (Å²) in [5.41, 5.74) is 0. The topological polar surface area (TPSA) is 112 Å². The summed E-state index contributed by atoms with van der Waals surface area (Å²) in [7, 11) is -7.31. The van der Waals surface area contributed by atoms with E-state index in [0.717, 1.165) is 0 Å². The van der Waals surface area contributed by atoms with Crippen LogP contribution >= 0.6 is 7.37 Å². The van der Waals surface area contributed by atoms with Gasteiger partial charge in [-0.25, -0.2) is 0 Å². The van der Waals surface area contributed by atoms with E-state index in [1.165, 1.54) is 13.3 Å². The highest BCUT2D eigenvalue weighted by molar-refractivity contribution is 7.79. The van der Waals surface area contributed by atoms with Gasteiger partial charge in [0.05, 0.1) is 0 Å². The van der Waals surface area contributed by atoms with Crippen LogP contribution < -0.4 is 0 Å². The summed E-state index contributed by atoms with van der Waals surface area (Å²) in [6, 6.07) is 0. The van der Waals surface area contributed by atoms with E-state index in [4.69, 9.17) is 22.4 Å². The number of hydrogen-bond acceptors (Lipinski definition) is 3. The molecule has 64 valence electrons. The van der Waals surface area contributed by atoms with Gasteiger partial charge in [-0.15, -0.1) is 0 Å². The summed E-state index contributed by atoms with van der Waals surface area (Å²) in [6.45, 7) is 2.60. The van der Waals surface area contributed by atoms with E-state index in [9.17, 15) is 4.57 Å². The Hall–Kier alpha value is 0.0600. The van der Waals surface area contributed by atoms with Gasteiger partial charge in [-0.3, -0.25) is 13.7 Å². The first-order valence-corrected chi connectivity index (χ1v) is 5.93. The third-order valence-electron chi connectivity index (χ3n) is 0. The lowest BCUT2D eigenvalue weighted by atomic mass is 11.9. The van der Waals surface area contributed by atoms with E-state index in [0.29, 0.717) is 0 Å². The Kier molecular flexibility index (Phi) is 5.14. The first kappa shape index (κ1) is 12.7. The van der Waals surface area contributed by atoms with Crippen molar-refractivity contribution in [2.45, 2.75) is 0 Å². The average molecular weight is 192 g/mol. The maximum atomic E-state index is 9.77. The largest absolute Gasteiger partial charge is 0.394 e. The van der Waals surface area contributed by atoms with Gasteiger partial charge in [0.15, 0.2) is 7.37 Å². The van der Waals surface area contributed by atoms with Crippen molar-refractivity contribution in [2.24, 2.45) is 0 Å². The summed E-state index contributed by atoms with van der Waals surface area (Å²) in [4.78, 5) is 8.08. The molecule has 0 saturated carbocycles. The third kappa shape index (κ3) is 112000. The highest BCUT2D eigenvalue weighted by atomic mass is 32.3. The molecule has 0 radical (unpaired) electrons.